The van der Waals surface area contributed by atoms with Gasteiger partial charge >= 0.3 is 0 Å². The molecule has 1 aromatic carbocycles. The predicted octanol–water partition coefficient (Wildman–Crippen LogP) is 1.76. The van der Waals surface area contributed by atoms with E-state index in [1.54, 1.807) is 18.2 Å². The molecule has 0 amide bonds. The van der Waals surface area contributed by atoms with Gasteiger partial charge in [-0.05, 0) is 18.2 Å². The van der Waals surface area contributed by atoms with Gasteiger partial charge in [-0.3, -0.25) is 15.0 Å². The molecule has 3 rings (SSSR count). The summed E-state index contributed by atoms with van der Waals surface area (Å²) >= 11 is 5.83. The predicted molar refractivity (Wildman–Crippen MR) is 60.9 cm³/mol. The third-order valence-electron chi connectivity index (χ3n) is 2.46. The minimum absolute atomic E-state index is 0.162. The Hall–Kier alpha value is -2.01. The Bertz CT molecular complexity index is 760. The van der Waals surface area contributed by atoms with Crippen molar-refractivity contribution in [1.29, 1.82) is 0 Å². The van der Waals surface area contributed by atoms with Gasteiger partial charge in [0.2, 0.25) is 5.88 Å². The summed E-state index contributed by atoms with van der Waals surface area (Å²) in [6.45, 7) is 0. The van der Waals surface area contributed by atoms with E-state index in [0.29, 0.717) is 16.1 Å². The summed E-state index contributed by atoms with van der Waals surface area (Å²) in [6, 6.07) is 5.07. The number of nitrogens with zero attached hydrogens (tertiary/aromatic N) is 1. The maximum atomic E-state index is 11.4. The number of pyridine rings is 1. The topological polar surface area (TPSA) is 81.8 Å². The molecule has 0 radical (unpaired) electrons. The first kappa shape index (κ1) is 9.23. The Morgan fingerprint density at radius 1 is 1.31 bits per heavy atom. The van der Waals surface area contributed by atoms with E-state index >= 15 is 0 Å². The Morgan fingerprint density at radius 2 is 2.12 bits per heavy atom. The van der Waals surface area contributed by atoms with Crippen LogP contribution in [-0.2, 0) is 0 Å². The fourth-order valence-corrected chi connectivity index (χ4v) is 1.92. The molecule has 16 heavy (non-hydrogen) atoms. The number of rotatable bonds is 0. The molecule has 5 nitrogen and oxygen atoms in total. The lowest BCUT2D eigenvalue weighted by Crippen LogP contribution is -1.98. The highest BCUT2D eigenvalue weighted by Crippen LogP contribution is 2.27. The molecule has 3 N–H and O–H groups in total. The zero-order valence-electron chi connectivity index (χ0n) is 7.91. The molecule has 0 aliphatic carbocycles. The first-order chi connectivity index (χ1) is 7.66. The number of aromatic nitrogens is 3. The molecule has 0 unspecified atom stereocenters. The highest BCUT2D eigenvalue weighted by Gasteiger charge is 2.12. The third kappa shape index (κ3) is 1.12. The zero-order valence-corrected chi connectivity index (χ0v) is 8.67. The van der Waals surface area contributed by atoms with E-state index in [1.807, 2.05) is 0 Å². The molecule has 0 spiro atoms. The summed E-state index contributed by atoms with van der Waals surface area (Å²) in [5.41, 5.74) is 0.675. The van der Waals surface area contributed by atoms with Gasteiger partial charge in [-0.2, -0.15) is 0 Å². The molecule has 2 heterocycles. The standard InChI is InChI=1S/C10H6ClN3O2/c11-4-1-2-5-6(3-4)12-9(15)7-8(5)13-14-10(7)16/h1-3H,(H,12,15)(H2,13,14,16). The molecular weight excluding hydrogens is 230 g/mol. The first-order valence-corrected chi connectivity index (χ1v) is 4.93. The van der Waals surface area contributed by atoms with Crippen LogP contribution in [0.1, 0.15) is 0 Å². The van der Waals surface area contributed by atoms with E-state index in [9.17, 15) is 9.90 Å². The molecule has 0 aliphatic rings. The molecule has 0 aliphatic heterocycles. The van der Waals surface area contributed by atoms with Crippen molar-refractivity contribution in [2.45, 2.75) is 0 Å². The maximum absolute atomic E-state index is 11.4. The van der Waals surface area contributed by atoms with Crippen molar-refractivity contribution in [2.24, 2.45) is 0 Å². The van der Waals surface area contributed by atoms with Crippen LogP contribution in [0.15, 0.2) is 23.0 Å². The van der Waals surface area contributed by atoms with Crippen molar-refractivity contribution in [1.82, 2.24) is 15.2 Å². The molecular formula is C10H6ClN3O2. The van der Waals surface area contributed by atoms with Gasteiger partial charge in [-0.1, -0.05) is 11.6 Å². The smallest absolute Gasteiger partial charge is 0.277 e. The SMILES string of the molecule is O=c1[nH][nH]c2c1c(O)nc1cc(Cl)ccc12. The van der Waals surface area contributed by atoms with Gasteiger partial charge in [0.15, 0.2) is 0 Å². The largest absolute Gasteiger partial charge is 0.493 e. The summed E-state index contributed by atoms with van der Waals surface area (Å²) in [5.74, 6) is -0.299. The minimum Gasteiger partial charge on any atom is -0.493 e. The molecule has 0 bridgehead atoms. The molecule has 3 aromatic rings. The highest BCUT2D eigenvalue weighted by molar-refractivity contribution is 6.31. The lowest BCUT2D eigenvalue weighted by Gasteiger charge is -2.00. The second kappa shape index (κ2) is 2.99. The van der Waals surface area contributed by atoms with Crippen LogP contribution in [-0.4, -0.2) is 20.3 Å². The van der Waals surface area contributed by atoms with Crippen molar-refractivity contribution >= 4 is 33.4 Å². The van der Waals surface area contributed by atoms with E-state index in [1.165, 1.54) is 0 Å². The Kier molecular flexibility index (Phi) is 1.73. The fourth-order valence-electron chi connectivity index (χ4n) is 1.75. The van der Waals surface area contributed by atoms with Gasteiger partial charge in [-0.15, -0.1) is 0 Å². The summed E-state index contributed by atoms with van der Waals surface area (Å²) < 4.78 is 0. The second-order valence-electron chi connectivity index (χ2n) is 3.43. The summed E-state index contributed by atoms with van der Waals surface area (Å²) in [5, 5.41) is 16.2. The molecule has 2 aromatic heterocycles. The molecule has 80 valence electrons. The van der Waals surface area contributed by atoms with Crippen LogP contribution in [0, 0.1) is 0 Å². The normalized spacial score (nSPS) is 11.3. The lowest BCUT2D eigenvalue weighted by atomic mass is 10.1. The Balaban J connectivity index is 2.64. The number of hydrogen-bond donors (Lipinski definition) is 3. The molecule has 0 saturated heterocycles. The Morgan fingerprint density at radius 3 is 2.94 bits per heavy atom. The number of aromatic hydroxyl groups is 1. The average Bonchev–Trinajstić information content (AvgIpc) is 2.61. The molecule has 0 atom stereocenters. The van der Waals surface area contributed by atoms with Crippen molar-refractivity contribution in [3.8, 4) is 5.88 Å². The average molecular weight is 236 g/mol. The van der Waals surface area contributed by atoms with Gasteiger partial charge in [0.05, 0.1) is 11.0 Å². The van der Waals surface area contributed by atoms with E-state index in [0.717, 1.165) is 5.39 Å². The fraction of sp³-hybridized carbons (Fsp3) is 0. The summed E-state index contributed by atoms with van der Waals surface area (Å²) in [6.07, 6.45) is 0. The van der Waals surface area contributed by atoms with Crippen LogP contribution < -0.4 is 5.56 Å². The van der Waals surface area contributed by atoms with Gasteiger partial charge in [0.25, 0.3) is 5.56 Å². The quantitative estimate of drug-likeness (QED) is 0.555. The lowest BCUT2D eigenvalue weighted by molar-refractivity contribution is 0.462. The van der Waals surface area contributed by atoms with Crippen molar-refractivity contribution in [2.75, 3.05) is 0 Å². The van der Waals surface area contributed by atoms with Crippen LogP contribution in [0.5, 0.6) is 5.88 Å². The molecule has 6 heteroatoms. The number of nitrogens with one attached hydrogen (secondary N) is 2. The summed E-state index contributed by atoms with van der Waals surface area (Å²) in [7, 11) is 0. The van der Waals surface area contributed by atoms with Crippen LogP contribution in [0.3, 0.4) is 0 Å². The highest BCUT2D eigenvalue weighted by atomic mass is 35.5. The van der Waals surface area contributed by atoms with E-state index in [2.05, 4.69) is 15.2 Å². The molecule has 0 saturated carbocycles. The van der Waals surface area contributed by atoms with Crippen molar-refractivity contribution in [3.63, 3.8) is 0 Å². The molecule has 0 fully saturated rings. The number of benzene rings is 1. The minimum atomic E-state index is -0.392. The second-order valence-corrected chi connectivity index (χ2v) is 3.86. The maximum Gasteiger partial charge on any atom is 0.277 e. The van der Waals surface area contributed by atoms with Crippen molar-refractivity contribution < 1.29 is 5.11 Å². The van der Waals surface area contributed by atoms with E-state index < -0.39 is 5.56 Å². The van der Waals surface area contributed by atoms with Gasteiger partial charge < -0.3 is 5.11 Å². The van der Waals surface area contributed by atoms with Gasteiger partial charge in [-0.25, -0.2) is 4.98 Å². The van der Waals surface area contributed by atoms with Crippen LogP contribution in [0.2, 0.25) is 5.02 Å². The number of hydrogen-bond acceptors (Lipinski definition) is 3. The number of fused-ring (bicyclic) bond motifs is 3. The van der Waals surface area contributed by atoms with Crippen molar-refractivity contribution in [3.05, 3.63) is 33.6 Å². The first-order valence-electron chi connectivity index (χ1n) is 4.55. The van der Waals surface area contributed by atoms with Crippen LogP contribution in [0.4, 0.5) is 0 Å². The number of aromatic amines is 2. The zero-order chi connectivity index (χ0) is 11.3. The number of halogens is 1. The van der Waals surface area contributed by atoms with Gasteiger partial charge in [0, 0.05) is 10.4 Å². The van der Waals surface area contributed by atoms with Gasteiger partial charge in [0.1, 0.15) is 5.39 Å². The summed E-state index contributed by atoms with van der Waals surface area (Å²) in [4.78, 5) is 15.3. The monoisotopic (exact) mass is 235 g/mol. The van der Waals surface area contributed by atoms with E-state index in [4.69, 9.17) is 11.6 Å². The van der Waals surface area contributed by atoms with Crippen LogP contribution >= 0.6 is 11.6 Å². The van der Waals surface area contributed by atoms with E-state index in [-0.39, 0.29) is 11.3 Å². The Labute approximate surface area is 93.7 Å². The third-order valence-corrected chi connectivity index (χ3v) is 2.69. The number of H-pyrrole nitrogens is 2. The van der Waals surface area contributed by atoms with Crippen LogP contribution in [0.25, 0.3) is 21.8 Å².